The fourth-order valence-electron chi connectivity index (χ4n) is 3.76. The second kappa shape index (κ2) is 7.62. The van der Waals surface area contributed by atoms with Gasteiger partial charge in [0.05, 0.1) is 5.92 Å². The predicted molar refractivity (Wildman–Crippen MR) is 125 cm³/mol. The van der Waals surface area contributed by atoms with E-state index in [4.69, 9.17) is 0 Å². The van der Waals surface area contributed by atoms with Crippen LogP contribution < -0.4 is 0 Å². The number of aromatic amines is 1. The Bertz CT molecular complexity index is 1370. The second-order valence-electron chi connectivity index (χ2n) is 7.11. The summed E-state index contributed by atoms with van der Waals surface area (Å²) in [7, 11) is 0. The highest BCUT2D eigenvalue weighted by atomic mass is 79.9. The molecule has 0 aliphatic rings. The maximum Gasteiger partial charge on any atom is 0.0726 e. The highest BCUT2D eigenvalue weighted by Crippen LogP contribution is 2.33. The van der Waals surface area contributed by atoms with Crippen LogP contribution in [-0.4, -0.2) is 4.98 Å². The van der Waals surface area contributed by atoms with Gasteiger partial charge in [0, 0.05) is 27.1 Å². The zero-order valence-corrected chi connectivity index (χ0v) is 17.3. The van der Waals surface area contributed by atoms with Crippen LogP contribution in [0.4, 0.5) is 0 Å². The number of H-pyrrole nitrogens is 1. The quantitative estimate of drug-likeness (QED) is 0.280. The zero-order valence-electron chi connectivity index (χ0n) is 15.7. The third-order valence-corrected chi connectivity index (χ3v) is 5.72. The fourth-order valence-corrected chi connectivity index (χ4v) is 4.12. The molecule has 0 saturated heterocycles. The number of nitrogens with one attached hydrogen (secondary N) is 1. The highest BCUT2D eigenvalue weighted by molar-refractivity contribution is 9.10. The molecule has 5 rings (SSSR count). The van der Waals surface area contributed by atoms with Gasteiger partial charge < -0.3 is 4.98 Å². The molecule has 1 aromatic heterocycles. The molecule has 1 N–H and O–H groups in total. The summed E-state index contributed by atoms with van der Waals surface area (Å²) in [6.45, 7) is 0. The molecule has 138 valence electrons. The molecule has 4 aromatic carbocycles. The summed E-state index contributed by atoms with van der Waals surface area (Å²) in [6, 6.07) is 31.6. The van der Waals surface area contributed by atoms with Crippen molar-refractivity contribution in [2.75, 3.05) is 0 Å². The molecule has 29 heavy (non-hydrogen) atoms. The number of halogens is 1. The maximum atomic E-state index is 3.61. The van der Waals surface area contributed by atoms with Gasteiger partial charge in [0.15, 0.2) is 0 Å². The van der Waals surface area contributed by atoms with E-state index >= 15 is 0 Å². The Kier molecular flexibility index (Phi) is 4.68. The first-order valence-electron chi connectivity index (χ1n) is 9.60. The minimum absolute atomic E-state index is 0.0251. The minimum atomic E-state index is -0.0251. The first kappa shape index (κ1) is 17.8. The summed E-state index contributed by atoms with van der Waals surface area (Å²) in [5.74, 6) is 6.90. The molecule has 5 aromatic rings. The zero-order chi connectivity index (χ0) is 19.6. The Hall–Kier alpha value is -3.28. The molecular formula is C27H18BrN. The summed E-state index contributed by atoms with van der Waals surface area (Å²) in [4.78, 5) is 3.41. The summed E-state index contributed by atoms with van der Waals surface area (Å²) >= 11 is 3.61. The molecule has 0 saturated carbocycles. The number of rotatable bonds is 2. The molecule has 0 aliphatic heterocycles. The first-order valence-corrected chi connectivity index (χ1v) is 10.4. The van der Waals surface area contributed by atoms with Crippen LogP contribution in [0, 0.1) is 11.8 Å². The van der Waals surface area contributed by atoms with Crippen LogP contribution in [0.5, 0.6) is 0 Å². The van der Waals surface area contributed by atoms with Gasteiger partial charge in [-0.2, -0.15) is 0 Å². The normalized spacial score (nSPS) is 11.9. The van der Waals surface area contributed by atoms with Crippen LogP contribution in [0.25, 0.3) is 21.7 Å². The van der Waals surface area contributed by atoms with E-state index in [1.54, 1.807) is 0 Å². The SMILES string of the molecule is Brc1ccc2[nH]cc(C(C#Cc3ccccc3)c3ccc4ccccc4c3)c2c1. The Morgan fingerprint density at radius 2 is 1.55 bits per heavy atom. The van der Waals surface area contributed by atoms with Gasteiger partial charge in [-0.25, -0.2) is 0 Å². The molecule has 0 fully saturated rings. The third kappa shape index (κ3) is 3.58. The third-order valence-electron chi connectivity index (χ3n) is 5.23. The molecule has 0 spiro atoms. The molecule has 1 heterocycles. The summed E-state index contributed by atoms with van der Waals surface area (Å²) in [5.41, 5.74) is 4.54. The number of hydrogen-bond acceptors (Lipinski definition) is 0. The molecule has 1 unspecified atom stereocenters. The summed E-state index contributed by atoms with van der Waals surface area (Å²) in [5, 5.41) is 3.67. The highest BCUT2D eigenvalue weighted by Gasteiger charge is 2.17. The molecule has 0 aliphatic carbocycles. The molecule has 1 atom stereocenters. The lowest BCUT2D eigenvalue weighted by atomic mass is 9.90. The molecular weight excluding hydrogens is 418 g/mol. The van der Waals surface area contributed by atoms with Gasteiger partial charge in [-0.1, -0.05) is 82.4 Å². The molecule has 2 heteroatoms. The monoisotopic (exact) mass is 435 g/mol. The van der Waals surface area contributed by atoms with E-state index in [1.807, 2.05) is 18.2 Å². The Morgan fingerprint density at radius 1 is 0.759 bits per heavy atom. The lowest BCUT2D eigenvalue weighted by Gasteiger charge is -2.12. The summed E-state index contributed by atoms with van der Waals surface area (Å²) in [6.07, 6.45) is 2.09. The van der Waals surface area contributed by atoms with Crippen LogP contribution in [0.1, 0.15) is 22.6 Å². The van der Waals surface area contributed by atoms with Crippen molar-refractivity contribution in [1.82, 2.24) is 4.98 Å². The van der Waals surface area contributed by atoms with E-state index in [2.05, 4.69) is 112 Å². The van der Waals surface area contributed by atoms with Crippen LogP contribution >= 0.6 is 15.9 Å². The van der Waals surface area contributed by atoms with Crippen molar-refractivity contribution in [2.45, 2.75) is 5.92 Å². The molecule has 0 amide bonds. The van der Waals surface area contributed by atoms with Crippen molar-refractivity contribution >= 4 is 37.6 Å². The second-order valence-corrected chi connectivity index (χ2v) is 8.02. The average Bonchev–Trinajstić information content (AvgIpc) is 3.17. The van der Waals surface area contributed by atoms with Gasteiger partial charge in [0.2, 0.25) is 0 Å². The van der Waals surface area contributed by atoms with Gasteiger partial charge in [-0.3, -0.25) is 0 Å². The average molecular weight is 436 g/mol. The summed E-state index contributed by atoms with van der Waals surface area (Å²) < 4.78 is 1.07. The Balaban J connectivity index is 1.70. The van der Waals surface area contributed by atoms with E-state index < -0.39 is 0 Å². The smallest absolute Gasteiger partial charge is 0.0726 e. The van der Waals surface area contributed by atoms with Crippen LogP contribution in [-0.2, 0) is 0 Å². The van der Waals surface area contributed by atoms with Gasteiger partial charge in [0.1, 0.15) is 0 Å². The molecule has 0 radical (unpaired) electrons. The van der Waals surface area contributed by atoms with Crippen LogP contribution in [0.2, 0.25) is 0 Å². The van der Waals surface area contributed by atoms with Gasteiger partial charge in [-0.15, -0.1) is 0 Å². The Labute approximate surface area is 178 Å². The van der Waals surface area contributed by atoms with E-state index in [0.717, 1.165) is 15.6 Å². The molecule has 1 nitrogen and oxygen atoms in total. The van der Waals surface area contributed by atoms with Gasteiger partial charge in [0.25, 0.3) is 0 Å². The predicted octanol–water partition coefficient (Wildman–Crippen LogP) is 7.27. The van der Waals surface area contributed by atoms with Crippen molar-refractivity contribution in [2.24, 2.45) is 0 Å². The van der Waals surface area contributed by atoms with Crippen molar-refractivity contribution in [1.29, 1.82) is 0 Å². The number of hydrogen-bond donors (Lipinski definition) is 1. The fraction of sp³-hybridized carbons (Fsp3) is 0.0370. The van der Waals surface area contributed by atoms with Gasteiger partial charge >= 0.3 is 0 Å². The van der Waals surface area contributed by atoms with Crippen molar-refractivity contribution < 1.29 is 0 Å². The lowest BCUT2D eigenvalue weighted by molar-refractivity contribution is 1.08. The van der Waals surface area contributed by atoms with Gasteiger partial charge in [-0.05, 0) is 58.3 Å². The van der Waals surface area contributed by atoms with E-state index in [1.165, 1.54) is 27.3 Å². The molecule has 0 bridgehead atoms. The van der Waals surface area contributed by atoms with E-state index in [0.29, 0.717) is 0 Å². The number of benzene rings is 4. The minimum Gasteiger partial charge on any atom is -0.361 e. The lowest BCUT2D eigenvalue weighted by Crippen LogP contribution is -1.98. The van der Waals surface area contributed by atoms with Crippen molar-refractivity contribution in [3.63, 3.8) is 0 Å². The van der Waals surface area contributed by atoms with E-state index in [-0.39, 0.29) is 5.92 Å². The number of aromatic nitrogens is 1. The largest absolute Gasteiger partial charge is 0.361 e. The topological polar surface area (TPSA) is 15.8 Å². The standard InChI is InChI=1S/C27H18BrN/c28-23-13-15-27-25(17-23)26(18-29-27)24(14-10-19-6-2-1-3-7-19)22-12-11-20-8-4-5-9-21(20)16-22/h1-9,11-13,15-18,24,29H. The Morgan fingerprint density at radius 3 is 2.41 bits per heavy atom. The number of fused-ring (bicyclic) bond motifs is 2. The van der Waals surface area contributed by atoms with Crippen molar-refractivity contribution in [3.8, 4) is 11.8 Å². The van der Waals surface area contributed by atoms with Crippen LogP contribution in [0.3, 0.4) is 0 Å². The van der Waals surface area contributed by atoms with Crippen LogP contribution in [0.15, 0.2) is 102 Å². The van der Waals surface area contributed by atoms with E-state index in [9.17, 15) is 0 Å². The maximum absolute atomic E-state index is 3.61. The van der Waals surface area contributed by atoms with Crippen molar-refractivity contribution in [3.05, 3.63) is 118 Å². The first-order chi connectivity index (χ1) is 14.3.